The van der Waals surface area contributed by atoms with Crippen LogP contribution in [-0.4, -0.2) is 21.9 Å². The molecule has 0 spiro atoms. The molecule has 6 nitrogen and oxygen atoms in total. The Balaban J connectivity index is 1.73. The Morgan fingerprint density at radius 3 is 2.50 bits per heavy atom. The van der Waals surface area contributed by atoms with Crippen molar-refractivity contribution in [1.29, 1.82) is 0 Å². The summed E-state index contributed by atoms with van der Waals surface area (Å²) in [6.45, 7) is 3.43. The minimum atomic E-state index is -4.56. The molecule has 0 unspecified atom stereocenters. The van der Waals surface area contributed by atoms with Gasteiger partial charge >= 0.3 is 6.18 Å². The quantitative estimate of drug-likeness (QED) is 0.539. The van der Waals surface area contributed by atoms with Gasteiger partial charge in [0.1, 0.15) is 10.6 Å². The summed E-state index contributed by atoms with van der Waals surface area (Å²) in [6, 6.07) is 7.18. The van der Waals surface area contributed by atoms with Gasteiger partial charge in [0, 0.05) is 11.1 Å². The Morgan fingerprint density at radius 2 is 1.80 bits per heavy atom. The van der Waals surface area contributed by atoms with E-state index in [1.807, 2.05) is 0 Å². The van der Waals surface area contributed by atoms with Gasteiger partial charge in [-0.2, -0.15) is 13.2 Å². The number of hydrogen-bond acceptors (Lipinski definition) is 5. The van der Waals surface area contributed by atoms with Crippen molar-refractivity contribution in [3.05, 3.63) is 69.7 Å². The first kappa shape index (κ1) is 21.3. The van der Waals surface area contributed by atoms with Crippen molar-refractivity contribution in [3.63, 3.8) is 0 Å². The van der Waals surface area contributed by atoms with Gasteiger partial charge in [0.15, 0.2) is 5.13 Å². The number of aryl methyl sites for hydroxylation is 1. The predicted molar refractivity (Wildman–Crippen MR) is 107 cm³/mol. The Bertz CT molecular complexity index is 1130. The van der Waals surface area contributed by atoms with Gasteiger partial charge in [0.2, 0.25) is 0 Å². The fourth-order valence-corrected chi connectivity index (χ4v) is 3.35. The minimum absolute atomic E-state index is 0.0363. The Morgan fingerprint density at radius 1 is 1.07 bits per heavy atom. The first-order chi connectivity index (χ1) is 14.1. The van der Waals surface area contributed by atoms with Crippen molar-refractivity contribution < 1.29 is 27.9 Å². The zero-order chi connectivity index (χ0) is 22.1. The van der Waals surface area contributed by atoms with E-state index in [0.717, 1.165) is 35.1 Å². The van der Waals surface area contributed by atoms with Gasteiger partial charge in [-0.25, -0.2) is 4.98 Å². The number of alkyl halides is 3. The lowest BCUT2D eigenvalue weighted by atomic mass is 10.1. The molecule has 0 aliphatic rings. The molecule has 0 saturated heterocycles. The average Bonchev–Trinajstić information content (AvgIpc) is 3.16. The molecular formula is C20H16F3N3O3S. The van der Waals surface area contributed by atoms with E-state index >= 15 is 0 Å². The molecule has 1 aromatic heterocycles. The average molecular weight is 435 g/mol. The van der Waals surface area contributed by atoms with Crippen molar-refractivity contribution in [3.8, 4) is 5.75 Å². The van der Waals surface area contributed by atoms with Crippen LogP contribution < -0.4 is 10.6 Å². The van der Waals surface area contributed by atoms with Gasteiger partial charge in [-0.3, -0.25) is 14.9 Å². The first-order valence-electron chi connectivity index (χ1n) is 8.61. The number of amides is 2. The maximum Gasteiger partial charge on any atom is 0.416 e. The minimum Gasteiger partial charge on any atom is -0.508 e. The SMILES string of the molecule is Cc1ccc(O)c(C)c1NC(=O)c1cnc(NC(=O)c2cccc(C(F)(F)F)c2)s1. The second-order valence-electron chi connectivity index (χ2n) is 6.42. The molecule has 10 heteroatoms. The lowest BCUT2D eigenvalue weighted by molar-refractivity contribution is -0.137. The van der Waals surface area contributed by atoms with E-state index in [9.17, 15) is 27.9 Å². The standard InChI is InChI=1S/C20H16F3N3O3S/c1-10-6-7-14(27)11(2)16(10)25-18(29)15-9-24-19(30-15)26-17(28)12-4-3-5-13(8-12)20(21,22)23/h3-9,27H,1-2H3,(H,25,29)(H,24,26,28). The summed E-state index contributed by atoms with van der Waals surface area (Å²) in [5.41, 5.74) is 0.596. The van der Waals surface area contributed by atoms with Crippen LogP contribution >= 0.6 is 11.3 Å². The maximum atomic E-state index is 12.8. The molecule has 0 fully saturated rings. The predicted octanol–water partition coefficient (Wildman–Crippen LogP) is 4.99. The number of carbonyl (C=O) groups excluding carboxylic acids is 2. The van der Waals surface area contributed by atoms with Crippen LogP contribution in [0.1, 0.15) is 36.7 Å². The summed E-state index contributed by atoms with van der Waals surface area (Å²) in [4.78, 5) is 28.9. The molecule has 0 atom stereocenters. The molecule has 0 saturated carbocycles. The highest BCUT2D eigenvalue weighted by atomic mass is 32.1. The second kappa shape index (κ2) is 8.15. The topological polar surface area (TPSA) is 91.3 Å². The number of aromatic nitrogens is 1. The normalized spacial score (nSPS) is 11.2. The molecule has 0 aliphatic carbocycles. The molecule has 0 radical (unpaired) electrons. The van der Waals surface area contributed by atoms with E-state index < -0.39 is 23.6 Å². The van der Waals surface area contributed by atoms with Crippen LogP contribution in [0.25, 0.3) is 0 Å². The fourth-order valence-electron chi connectivity index (χ4n) is 2.65. The van der Waals surface area contributed by atoms with Gasteiger partial charge in [-0.15, -0.1) is 0 Å². The lowest BCUT2D eigenvalue weighted by Gasteiger charge is -2.11. The molecule has 0 aliphatic heterocycles. The molecule has 3 rings (SSSR count). The summed E-state index contributed by atoms with van der Waals surface area (Å²) >= 11 is 0.869. The summed E-state index contributed by atoms with van der Waals surface area (Å²) in [6.07, 6.45) is -3.32. The number of rotatable bonds is 4. The van der Waals surface area contributed by atoms with E-state index in [1.165, 1.54) is 18.3 Å². The van der Waals surface area contributed by atoms with Gasteiger partial charge in [0.25, 0.3) is 11.8 Å². The number of nitrogens with zero attached hydrogens (tertiary/aromatic N) is 1. The van der Waals surface area contributed by atoms with E-state index in [1.54, 1.807) is 19.9 Å². The highest BCUT2D eigenvalue weighted by Gasteiger charge is 2.31. The number of phenolic OH excluding ortho intramolecular Hbond substituents is 1. The van der Waals surface area contributed by atoms with Crippen molar-refractivity contribution in [2.45, 2.75) is 20.0 Å². The molecule has 2 aromatic carbocycles. The third kappa shape index (κ3) is 4.60. The maximum absolute atomic E-state index is 12.8. The number of halogens is 3. The molecule has 1 heterocycles. The van der Waals surface area contributed by atoms with Gasteiger partial charge in [-0.05, 0) is 43.7 Å². The van der Waals surface area contributed by atoms with Crippen LogP contribution in [0.3, 0.4) is 0 Å². The van der Waals surface area contributed by atoms with Crippen LogP contribution in [0.15, 0.2) is 42.6 Å². The van der Waals surface area contributed by atoms with Crippen molar-refractivity contribution in [2.24, 2.45) is 0 Å². The largest absolute Gasteiger partial charge is 0.508 e. The smallest absolute Gasteiger partial charge is 0.416 e. The molecule has 3 aromatic rings. The molecular weight excluding hydrogens is 419 g/mol. The number of carbonyl (C=O) groups is 2. The zero-order valence-electron chi connectivity index (χ0n) is 15.8. The van der Waals surface area contributed by atoms with Crippen molar-refractivity contribution >= 4 is 34.0 Å². The summed E-state index contributed by atoms with van der Waals surface area (Å²) in [5.74, 6) is -1.24. The van der Waals surface area contributed by atoms with Crippen LogP contribution in [0.4, 0.5) is 24.0 Å². The molecule has 2 amide bonds. The number of anilines is 2. The van der Waals surface area contributed by atoms with E-state index in [0.29, 0.717) is 11.3 Å². The Kier molecular flexibility index (Phi) is 5.79. The Labute approximate surface area is 173 Å². The van der Waals surface area contributed by atoms with Crippen molar-refractivity contribution in [1.82, 2.24) is 4.98 Å². The molecule has 30 heavy (non-hydrogen) atoms. The third-order valence-corrected chi connectivity index (χ3v) is 5.20. The van der Waals surface area contributed by atoms with Gasteiger partial charge in [0.05, 0.1) is 17.4 Å². The number of thiazole rings is 1. The summed E-state index contributed by atoms with van der Waals surface area (Å²) in [7, 11) is 0. The van der Waals surface area contributed by atoms with Crippen LogP contribution in [0, 0.1) is 13.8 Å². The third-order valence-electron chi connectivity index (χ3n) is 4.29. The van der Waals surface area contributed by atoms with E-state index in [2.05, 4.69) is 15.6 Å². The van der Waals surface area contributed by atoms with Crippen LogP contribution in [0.5, 0.6) is 5.75 Å². The summed E-state index contributed by atoms with van der Waals surface area (Å²) < 4.78 is 38.4. The second-order valence-corrected chi connectivity index (χ2v) is 7.45. The first-order valence-corrected chi connectivity index (χ1v) is 9.43. The molecule has 156 valence electrons. The Hall–Kier alpha value is -3.40. The highest BCUT2D eigenvalue weighted by Crippen LogP contribution is 2.31. The number of phenols is 1. The van der Waals surface area contributed by atoms with Gasteiger partial charge < -0.3 is 10.4 Å². The van der Waals surface area contributed by atoms with Gasteiger partial charge in [-0.1, -0.05) is 23.5 Å². The lowest BCUT2D eigenvalue weighted by Crippen LogP contribution is -2.14. The van der Waals surface area contributed by atoms with Crippen LogP contribution in [-0.2, 0) is 6.18 Å². The van der Waals surface area contributed by atoms with E-state index in [-0.39, 0.29) is 21.3 Å². The number of aromatic hydroxyl groups is 1. The number of hydrogen-bond donors (Lipinski definition) is 3. The van der Waals surface area contributed by atoms with Crippen LogP contribution in [0.2, 0.25) is 0 Å². The fraction of sp³-hybridized carbons (Fsp3) is 0.150. The summed E-state index contributed by atoms with van der Waals surface area (Å²) in [5, 5.41) is 15.0. The molecule has 3 N–H and O–H groups in total. The number of nitrogens with one attached hydrogen (secondary N) is 2. The highest BCUT2D eigenvalue weighted by molar-refractivity contribution is 7.17. The van der Waals surface area contributed by atoms with Crippen molar-refractivity contribution in [2.75, 3.05) is 10.6 Å². The number of benzene rings is 2. The monoisotopic (exact) mass is 435 g/mol. The molecule has 0 bridgehead atoms. The zero-order valence-corrected chi connectivity index (χ0v) is 16.6. The van der Waals surface area contributed by atoms with E-state index in [4.69, 9.17) is 0 Å².